The van der Waals surface area contributed by atoms with Crippen LogP contribution in [-0.4, -0.2) is 61.7 Å². The molecule has 0 bridgehead atoms. The number of ether oxygens (including phenoxy) is 2. The van der Waals surface area contributed by atoms with Crippen LogP contribution >= 0.6 is 11.3 Å². The smallest absolute Gasteiger partial charge is 0.322 e. The molecule has 0 aliphatic carbocycles. The lowest BCUT2D eigenvalue weighted by atomic mass is 10.0. The van der Waals surface area contributed by atoms with Crippen molar-refractivity contribution in [3.8, 4) is 5.75 Å². The Balaban J connectivity index is 1.47. The zero-order chi connectivity index (χ0) is 25.5. The fraction of sp³-hybridized carbons (Fsp3) is 0.357. The SMILES string of the molecule is COCCN(CC(=O)N1CCc2sccc2C1COc1ccc(C)cc1)C(=O)Nc1ccc(C)cc1. The molecule has 0 saturated carbocycles. The van der Waals surface area contributed by atoms with Gasteiger partial charge in [-0.2, -0.15) is 0 Å². The quantitative estimate of drug-likeness (QED) is 0.440. The number of fused-ring (bicyclic) bond motifs is 1. The Hall–Kier alpha value is -3.36. The number of anilines is 1. The van der Waals surface area contributed by atoms with Crippen molar-refractivity contribution in [3.63, 3.8) is 0 Å². The summed E-state index contributed by atoms with van der Waals surface area (Å²) in [5.74, 6) is 0.661. The third kappa shape index (κ3) is 6.44. The van der Waals surface area contributed by atoms with Crippen LogP contribution in [0.4, 0.5) is 10.5 Å². The van der Waals surface area contributed by atoms with E-state index in [9.17, 15) is 9.59 Å². The van der Waals surface area contributed by atoms with Crippen LogP contribution < -0.4 is 10.1 Å². The summed E-state index contributed by atoms with van der Waals surface area (Å²) in [4.78, 5) is 31.3. The van der Waals surface area contributed by atoms with Gasteiger partial charge in [-0.25, -0.2) is 4.79 Å². The molecule has 1 aromatic heterocycles. The highest BCUT2D eigenvalue weighted by Crippen LogP contribution is 2.34. The number of nitrogens with one attached hydrogen (secondary N) is 1. The average Bonchev–Trinajstić information content (AvgIpc) is 3.36. The minimum atomic E-state index is -0.329. The molecule has 0 fully saturated rings. The molecule has 0 saturated heterocycles. The van der Waals surface area contributed by atoms with E-state index in [-0.39, 0.29) is 24.5 Å². The Labute approximate surface area is 216 Å². The molecule has 7 nitrogen and oxygen atoms in total. The Kier molecular flexibility index (Phi) is 8.61. The number of benzene rings is 2. The van der Waals surface area contributed by atoms with E-state index < -0.39 is 0 Å². The van der Waals surface area contributed by atoms with Crippen molar-refractivity contribution in [2.45, 2.75) is 26.3 Å². The molecule has 1 atom stereocenters. The van der Waals surface area contributed by atoms with Gasteiger partial charge in [0.1, 0.15) is 18.9 Å². The molecule has 3 aromatic rings. The van der Waals surface area contributed by atoms with E-state index in [4.69, 9.17) is 9.47 Å². The number of carbonyl (C=O) groups is 2. The monoisotopic (exact) mass is 507 g/mol. The minimum Gasteiger partial charge on any atom is -0.491 e. The molecule has 0 spiro atoms. The number of carbonyl (C=O) groups excluding carboxylic acids is 2. The Morgan fingerprint density at radius 2 is 1.75 bits per heavy atom. The van der Waals surface area contributed by atoms with Gasteiger partial charge in [0.25, 0.3) is 0 Å². The Bertz CT molecular complexity index is 1160. The highest BCUT2D eigenvalue weighted by molar-refractivity contribution is 7.10. The van der Waals surface area contributed by atoms with Crippen LogP contribution in [0.1, 0.15) is 27.6 Å². The number of thiophene rings is 1. The minimum absolute atomic E-state index is 0.0401. The molecule has 0 radical (unpaired) electrons. The van der Waals surface area contributed by atoms with Crippen LogP contribution in [0.25, 0.3) is 0 Å². The van der Waals surface area contributed by atoms with Gasteiger partial charge in [-0.05, 0) is 61.5 Å². The van der Waals surface area contributed by atoms with Gasteiger partial charge in [0.2, 0.25) is 5.91 Å². The lowest BCUT2D eigenvalue weighted by Crippen LogP contribution is -2.49. The summed E-state index contributed by atoms with van der Waals surface area (Å²) >= 11 is 1.71. The fourth-order valence-corrected chi connectivity index (χ4v) is 5.16. The van der Waals surface area contributed by atoms with Gasteiger partial charge >= 0.3 is 6.03 Å². The highest BCUT2D eigenvalue weighted by Gasteiger charge is 2.33. The van der Waals surface area contributed by atoms with Crippen molar-refractivity contribution in [1.29, 1.82) is 0 Å². The van der Waals surface area contributed by atoms with Gasteiger partial charge in [0.05, 0.1) is 12.6 Å². The van der Waals surface area contributed by atoms with Crippen LogP contribution in [0.2, 0.25) is 0 Å². The number of rotatable bonds is 9. The van der Waals surface area contributed by atoms with Gasteiger partial charge in [-0.1, -0.05) is 35.4 Å². The first kappa shape index (κ1) is 25.7. The van der Waals surface area contributed by atoms with E-state index in [2.05, 4.69) is 16.8 Å². The molecule has 8 heteroatoms. The average molecular weight is 508 g/mol. The molecule has 1 N–H and O–H groups in total. The number of aryl methyl sites for hydroxylation is 2. The Morgan fingerprint density at radius 1 is 1.06 bits per heavy atom. The topological polar surface area (TPSA) is 71.1 Å². The van der Waals surface area contributed by atoms with Crippen molar-refractivity contribution >= 4 is 29.0 Å². The van der Waals surface area contributed by atoms with E-state index in [1.807, 2.05) is 67.3 Å². The van der Waals surface area contributed by atoms with E-state index in [1.54, 1.807) is 18.4 Å². The maximum absolute atomic E-state index is 13.6. The summed E-state index contributed by atoms with van der Waals surface area (Å²) < 4.78 is 11.3. The zero-order valence-electron chi connectivity index (χ0n) is 21.0. The molecule has 3 amide bonds. The predicted molar refractivity (Wildman–Crippen MR) is 143 cm³/mol. The number of nitrogens with zero attached hydrogens (tertiary/aromatic N) is 2. The third-order valence-electron chi connectivity index (χ3n) is 6.33. The second-order valence-electron chi connectivity index (χ2n) is 8.99. The van der Waals surface area contributed by atoms with E-state index in [0.29, 0.717) is 32.0 Å². The summed E-state index contributed by atoms with van der Waals surface area (Å²) in [6.45, 7) is 5.57. The molecule has 190 valence electrons. The first-order valence-electron chi connectivity index (χ1n) is 12.1. The van der Waals surface area contributed by atoms with Crippen LogP contribution in [0.3, 0.4) is 0 Å². The summed E-state index contributed by atoms with van der Waals surface area (Å²) in [6, 6.07) is 17.0. The van der Waals surface area contributed by atoms with Crippen molar-refractivity contribution in [2.24, 2.45) is 0 Å². The van der Waals surface area contributed by atoms with Crippen molar-refractivity contribution in [1.82, 2.24) is 9.80 Å². The predicted octanol–water partition coefficient (Wildman–Crippen LogP) is 5.05. The van der Waals surface area contributed by atoms with Gasteiger partial charge < -0.3 is 24.6 Å². The number of urea groups is 1. The lowest BCUT2D eigenvalue weighted by molar-refractivity contribution is -0.135. The number of hydrogen-bond donors (Lipinski definition) is 1. The molecule has 4 rings (SSSR count). The normalized spacial score (nSPS) is 14.8. The number of methoxy groups -OCH3 is 1. The summed E-state index contributed by atoms with van der Waals surface area (Å²) in [5, 5.41) is 4.96. The molecule has 1 aliphatic rings. The van der Waals surface area contributed by atoms with Crippen LogP contribution in [0.15, 0.2) is 60.0 Å². The second kappa shape index (κ2) is 12.1. The number of amides is 3. The summed E-state index contributed by atoms with van der Waals surface area (Å²) in [7, 11) is 1.58. The van der Waals surface area contributed by atoms with Crippen molar-refractivity contribution in [3.05, 3.63) is 81.5 Å². The molecule has 1 unspecified atom stereocenters. The summed E-state index contributed by atoms with van der Waals surface area (Å²) in [5.41, 5.74) is 4.08. The molecular weight excluding hydrogens is 474 g/mol. The van der Waals surface area contributed by atoms with Crippen molar-refractivity contribution in [2.75, 3.05) is 45.3 Å². The molecular formula is C28H33N3O4S. The zero-order valence-corrected chi connectivity index (χ0v) is 21.8. The van der Waals surface area contributed by atoms with Gasteiger partial charge in [-0.3, -0.25) is 4.79 Å². The first-order valence-corrected chi connectivity index (χ1v) is 13.0. The van der Waals surface area contributed by atoms with Crippen LogP contribution in [0.5, 0.6) is 5.75 Å². The van der Waals surface area contributed by atoms with Crippen molar-refractivity contribution < 1.29 is 19.1 Å². The second-order valence-corrected chi connectivity index (χ2v) is 9.99. The molecule has 36 heavy (non-hydrogen) atoms. The Morgan fingerprint density at radius 3 is 2.44 bits per heavy atom. The molecule has 1 aliphatic heterocycles. The van der Waals surface area contributed by atoms with Gasteiger partial charge in [-0.15, -0.1) is 11.3 Å². The van der Waals surface area contributed by atoms with Gasteiger partial charge in [0, 0.05) is 30.8 Å². The third-order valence-corrected chi connectivity index (χ3v) is 7.32. The summed E-state index contributed by atoms with van der Waals surface area (Å²) in [6.07, 6.45) is 0.799. The maximum Gasteiger partial charge on any atom is 0.322 e. The van der Waals surface area contributed by atoms with E-state index in [0.717, 1.165) is 28.9 Å². The highest BCUT2D eigenvalue weighted by atomic mass is 32.1. The van der Waals surface area contributed by atoms with Gasteiger partial charge in [0.15, 0.2) is 0 Å². The lowest BCUT2D eigenvalue weighted by Gasteiger charge is -2.37. The molecule has 2 aromatic carbocycles. The first-order chi connectivity index (χ1) is 17.4. The standard InChI is InChI=1S/C28H33N3O4S/c1-20-4-8-22(9-5-20)29-28(33)30(15-16-34-3)18-27(32)31-14-12-26-24(13-17-36-26)25(31)19-35-23-10-6-21(2)7-11-23/h4-11,13,17,25H,12,14-16,18-19H2,1-3H3,(H,29,33). The maximum atomic E-state index is 13.6. The van der Waals surface area contributed by atoms with E-state index >= 15 is 0 Å². The molecule has 2 heterocycles. The van der Waals surface area contributed by atoms with Crippen LogP contribution in [-0.2, 0) is 16.0 Å². The van der Waals surface area contributed by atoms with E-state index in [1.165, 1.54) is 9.78 Å². The van der Waals surface area contributed by atoms with Crippen LogP contribution in [0, 0.1) is 13.8 Å². The number of hydrogen-bond acceptors (Lipinski definition) is 5. The largest absolute Gasteiger partial charge is 0.491 e. The fourth-order valence-electron chi connectivity index (χ4n) is 4.23.